The molecule has 4 heteroatoms. The van der Waals surface area contributed by atoms with Crippen molar-refractivity contribution in [3.05, 3.63) is 29.3 Å². The summed E-state index contributed by atoms with van der Waals surface area (Å²) in [6.07, 6.45) is 4.10. The minimum Gasteiger partial charge on any atom is -0.399 e. The summed E-state index contributed by atoms with van der Waals surface area (Å²) in [5.41, 5.74) is 9.21. The first-order valence-corrected chi connectivity index (χ1v) is 8.60. The van der Waals surface area contributed by atoms with Crippen LogP contribution in [0.4, 0.5) is 5.69 Å². The van der Waals surface area contributed by atoms with Crippen molar-refractivity contribution in [2.75, 3.05) is 23.8 Å². The van der Waals surface area contributed by atoms with Gasteiger partial charge in [0.25, 0.3) is 0 Å². The Balaban J connectivity index is 1.62. The Bertz CT molecular complexity index is 497. The molecule has 0 atom stereocenters. The minimum absolute atomic E-state index is 0.329. The molecule has 2 N–H and O–H groups in total. The lowest BCUT2D eigenvalue weighted by Crippen LogP contribution is -2.37. The molecule has 2 aliphatic rings. The molecular weight excluding hydrogens is 268 g/mol. The van der Waals surface area contributed by atoms with Crippen molar-refractivity contribution in [1.29, 1.82) is 0 Å². The highest BCUT2D eigenvalue weighted by Gasteiger charge is 2.24. The van der Waals surface area contributed by atoms with Crippen LogP contribution in [-0.4, -0.2) is 28.9 Å². The number of amides is 1. The van der Waals surface area contributed by atoms with Gasteiger partial charge in [-0.3, -0.25) is 4.79 Å². The van der Waals surface area contributed by atoms with Gasteiger partial charge in [0.2, 0.25) is 5.91 Å². The van der Waals surface area contributed by atoms with Crippen molar-refractivity contribution in [2.24, 2.45) is 5.92 Å². The fourth-order valence-corrected chi connectivity index (χ4v) is 4.32. The molecule has 2 heterocycles. The molecule has 3 nitrogen and oxygen atoms in total. The van der Waals surface area contributed by atoms with Gasteiger partial charge in [0.05, 0.1) is 0 Å². The van der Waals surface area contributed by atoms with Gasteiger partial charge in [0.15, 0.2) is 0 Å². The third kappa shape index (κ3) is 3.11. The predicted molar refractivity (Wildman–Crippen MR) is 84.6 cm³/mol. The second-order valence-electron chi connectivity index (χ2n) is 5.85. The Morgan fingerprint density at radius 3 is 2.90 bits per heavy atom. The number of hydrogen-bond donors (Lipinski definition) is 1. The van der Waals surface area contributed by atoms with E-state index in [-0.39, 0.29) is 0 Å². The van der Waals surface area contributed by atoms with E-state index in [0.717, 1.165) is 31.6 Å². The molecule has 0 saturated carbocycles. The molecule has 0 radical (unpaired) electrons. The van der Waals surface area contributed by atoms with E-state index >= 15 is 0 Å². The number of nitrogen functional groups attached to an aromatic ring is 1. The standard InChI is InChI=1S/C16H22N2OS/c17-15-2-1-13-3-6-18(11-14(13)10-15)16(19)9-12-4-7-20-8-5-12/h1-2,10,12H,3-9,11,17H2. The molecule has 0 unspecified atom stereocenters. The van der Waals surface area contributed by atoms with Gasteiger partial charge in [-0.2, -0.15) is 11.8 Å². The first-order valence-electron chi connectivity index (χ1n) is 7.45. The van der Waals surface area contributed by atoms with Gasteiger partial charge in [-0.25, -0.2) is 0 Å². The average Bonchev–Trinajstić information content (AvgIpc) is 2.47. The third-order valence-electron chi connectivity index (χ3n) is 4.40. The van der Waals surface area contributed by atoms with Crippen molar-refractivity contribution in [2.45, 2.75) is 32.2 Å². The Hall–Kier alpha value is -1.16. The normalized spacial score (nSPS) is 19.7. The summed E-state index contributed by atoms with van der Waals surface area (Å²) in [6.45, 7) is 1.60. The smallest absolute Gasteiger partial charge is 0.223 e. The zero-order valence-electron chi connectivity index (χ0n) is 11.8. The van der Waals surface area contributed by atoms with Crippen LogP contribution in [0, 0.1) is 5.92 Å². The molecule has 1 aromatic carbocycles. The number of hydrogen-bond acceptors (Lipinski definition) is 3. The molecule has 0 spiro atoms. The fraction of sp³-hybridized carbons (Fsp3) is 0.562. The Kier molecular flexibility index (Phi) is 4.20. The van der Waals surface area contributed by atoms with E-state index in [1.807, 2.05) is 28.8 Å². The lowest BCUT2D eigenvalue weighted by atomic mass is 9.95. The van der Waals surface area contributed by atoms with Crippen LogP contribution in [0.5, 0.6) is 0 Å². The molecular formula is C16H22N2OS. The number of benzene rings is 1. The highest BCUT2D eigenvalue weighted by molar-refractivity contribution is 7.99. The zero-order valence-corrected chi connectivity index (χ0v) is 12.6. The molecule has 1 amide bonds. The Morgan fingerprint density at radius 2 is 2.10 bits per heavy atom. The average molecular weight is 290 g/mol. The molecule has 1 aromatic rings. The fourth-order valence-electron chi connectivity index (χ4n) is 3.12. The number of carbonyl (C=O) groups is 1. The maximum Gasteiger partial charge on any atom is 0.223 e. The first-order chi connectivity index (χ1) is 9.72. The monoisotopic (exact) mass is 290 g/mol. The topological polar surface area (TPSA) is 46.3 Å². The molecule has 3 rings (SSSR count). The SMILES string of the molecule is Nc1ccc2c(c1)CN(C(=O)CC1CCSCC1)CC2. The van der Waals surface area contributed by atoms with Gasteiger partial charge in [-0.1, -0.05) is 6.07 Å². The van der Waals surface area contributed by atoms with Crippen LogP contribution >= 0.6 is 11.8 Å². The number of anilines is 1. The van der Waals surface area contributed by atoms with Gasteiger partial charge in [0.1, 0.15) is 0 Å². The second kappa shape index (κ2) is 6.08. The van der Waals surface area contributed by atoms with Crippen molar-refractivity contribution < 1.29 is 4.79 Å². The van der Waals surface area contributed by atoms with Crippen LogP contribution in [0.1, 0.15) is 30.4 Å². The van der Waals surface area contributed by atoms with E-state index in [1.165, 1.54) is 35.5 Å². The number of nitrogens with zero attached hydrogens (tertiary/aromatic N) is 1. The van der Waals surface area contributed by atoms with Gasteiger partial charge in [-0.15, -0.1) is 0 Å². The molecule has 0 aromatic heterocycles. The van der Waals surface area contributed by atoms with E-state index in [4.69, 9.17) is 5.73 Å². The van der Waals surface area contributed by atoms with Crippen molar-refractivity contribution in [3.63, 3.8) is 0 Å². The number of rotatable bonds is 2. The second-order valence-corrected chi connectivity index (χ2v) is 7.08. The maximum absolute atomic E-state index is 12.4. The lowest BCUT2D eigenvalue weighted by molar-refractivity contribution is -0.133. The maximum atomic E-state index is 12.4. The Morgan fingerprint density at radius 1 is 1.30 bits per heavy atom. The predicted octanol–water partition coefficient (Wildman–Crippen LogP) is 2.69. The number of carbonyl (C=O) groups excluding carboxylic acids is 1. The van der Waals surface area contributed by atoms with Crippen LogP contribution in [0.3, 0.4) is 0 Å². The molecule has 0 aliphatic carbocycles. The van der Waals surface area contributed by atoms with E-state index in [0.29, 0.717) is 11.8 Å². The van der Waals surface area contributed by atoms with E-state index in [1.54, 1.807) is 0 Å². The van der Waals surface area contributed by atoms with E-state index in [2.05, 4.69) is 6.07 Å². The summed E-state index contributed by atoms with van der Waals surface area (Å²) in [5, 5.41) is 0. The van der Waals surface area contributed by atoms with Crippen LogP contribution in [0.25, 0.3) is 0 Å². The minimum atomic E-state index is 0.329. The molecule has 20 heavy (non-hydrogen) atoms. The molecule has 0 bridgehead atoms. The van der Waals surface area contributed by atoms with Crippen molar-refractivity contribution >= 4 is 23.4 Å². The largest absolute Gasteiger partial charge is 0.399 e. The lowest BCUT2D eigenvalue weighted by Gasteiger charge is -2.31. The van der Waals surface area contributed by atoms with E-state index < -0.39 is 0 Å². The molecule has 1 saturated heterocycles. The number of fused-ring (bicyclic) bond motifs is 1. The molecule has 108 valence electrons. The highest BCUT2D eigenvalue weighted by Crippen LogP contribution is 2.27. The van der Waals surface area contributed by atoms with Crippen molar-refractivity contribution in [1.82, 2.24) is 4.90 Å². The molecule has 2 aliphatic heterocycles. The van der Waals surface area contributed by atoms with Gasteiger partial charge in [-0.05, 0) is 59.9 Å². The van der Waals surface area contributed by atoms with Crippen molar-refractivity contribution in [3.8, 4) is 0 Å². The van der Waals surface area contributed by atoms with Crippen LogP contribution in [0.2, 0.25) is 0 Å². The third-order valence-corrected chi connectivity index (χ3v) is 5.45. The van der Waals surface area contributed by atoms with Gasteiger partial charge in [0, 0.05) is 25.2 Å². The quantitative estimate of drug-likeness (QED) is 0.852. The summed E-state index contributed by atoms with van der Waals surface area (Å²) in [6, 6.07) is 6.08. The summed E-state index contributed by atoms with van der Waals surface area (Å²) in [7, 11) is 0. The van der Waals surface area contributed by atoms with Crippen LogP contribution in [-0.2, 0) is 17.8 Å². The first kappa shape index (κ1) is 13.8. The number of thioether (sulfide) groups is 1. The zero-order chi connectivity index (χ0) is 13.9. The van der Waals surface area contributed by atoms with Crippen LogP contribution < -0.4 is 5.73 Å². The number of nitrogens with two attached hydrogens (primary N) is 1. The van der Waals surface area contributed by atoms with Crippen LogP contribution in [0.15, 0.2) is 18.2 Å². The Labute approximate surface area is 124 Å². The summed E-state index contributed by atoms with van der Waals surface area (Å²) in [5.74, 6) is 3.37. The summed E-state index contributed by atoms with van der Waals surface area (Å²) < 4.78 is 0. The summed E-state index contributed by atoms with van der Waals surface area (Å²) in [4.78, 5) is 14.5. The molecule has 1 fully saturated rings. The van der Waals surface area contributed by atoms with E-state index in [9.17, 15) is 4.79 Å². The summed E-state index contributed by atoms with van der Waals surface area (Å²) >= 11 is 2.01. The van der Waals surface area contributed by atoms with Gasteiger partial charge >= 0.3 is 0 Å². The highest BCUT2D eigenvalue weighted by atomic mass is 32.2. The van der Waals surface area contributed by atoms with Gasteiger partial charge < -0.3 is 10.6 Å².